The third-order valence-corrected chi connectivity index (χ3v) is 1.58. The molecule has 1 rings (SSSR count). The zero-order valence-corrected chi connectivity index (χ0v) is 7.24. The zero-order chi connectivity index (χ0) is 10.6. The average molecular weight is 193 g/mol. The van der Waals surface area contributed by atoms with Crippen LogP contribution in [-0.2, 0) is 4.79 Å². The van der Waals surface area contributed by atoms with Gasteiger partial charge < -0.3 is 5.73 Å². The number of rotatable bonds is 3. The van der Waals surface area contributed by atoms with E-state index < -0.39 is 11.7 Å². The third kappa shape index (κ3) is 2.52. The molecule has 14 heavy (non-hydrogen) atoms. The van der Waals surface area contributed by atoms with Crippen LogP contribution in [-0.4, -0.2) is 12.2 Å². The van der Waals surface area contributed by atoms with Crippen LogP contribution in [0, 0.1) is 5.82 Å². The zero-order valence-electron chi connectivity index (χ0n) is 7.24. The second-order valence-electron chi connectivity index (χ2n) is 2.63. The summed E-state index contributed by atoms with van der Waals surface area (Å²) in [5.74, 6) is -1.17. The Balaban J connectivity index is 3.06. The lowest BCUT2D eigenvalue weighted by Crippen LogP contribution is -2.05. The summed E-state index contributed by atoms with van der Waals surface area (Å²) >= 11 is 0. The molecule has 0 fully saturated rings. The number of hydrogen-bond donors (Lipinski definition) is 1. The van der Waals surface area contributed by atoms with Gasteiger partial charge in [-0.1, -0.05) is 0 Å². The van der Waals surface area contributed by atoms with Crippen molar-refractivity contribution in [1.29, 1.82) is 0 Å². The highest BCUT2D eigenvalue weighted by Crippen LogP contribution is 2.10. The van der Waals surface area contributed by atoms with Crippen LogP contribution in [0.3, 0.4) is 0 Å². The summed E-state index contributed by atoms with van der Waals surface area (Å²) in [6.45, 7) is 0. The molecule has 0 saturated heterocycles. The van der Waals surface area contributed by atoms with Gasteiger partial charge in [-0.25, -0.2) is 4.39 Å². The standard InChI is InChI=1S/C10H8FNO2/c11-9-3-1-7(6-13)5-8(9)2-4-10(12)14/h1-6H,(H2,12,14). The van der Waals surface area contributed by atoms with Crippen molar-refractivity contribution in [3.8, 4) is 0 Å². The van der Waals surface area contributed by atoms with Gasteiger partial charge >= 0.3 is 0 Å². The molecule has 0 saturated carbocycles. The number of hydrogen-bond acceptors (Lipinski definition) is 2. The van der Waals surface area contributed by atoms with Gasteiger partial charge in [0.25, 0.3) is 0 Å². The van der Waals surface area contributed by atoms with Gasteiger partial charge in [-0.3, -0.25) is 9.59 Å². The van der Waals surface area contributed by atoms with Crippen molar-refractivity contribution in [2.45, 2.75) is 0 Å². The number of nitrogens with two attached hydrogens (primary N) is 1. The highest BCUT2D eigenvalue weighted by Gasteiger charge is 1.99. The minimum absolute atomic E-state index is 0.161. The predicted octanol–water partition coefficient (Wildman–Crippen LogP) is 1.14. The maximum Gasteiger partial charge on any atom is 0.241 e. The third-order valence-electron chi connectivity index (χ3n) is 1.58. The van der Waals surface area contributed by atoms with Crippen LogP contribution < -0.4 is 5.73 Å². The largest absolute Gasteiger partial charge is 0.366 e. The number of benzene rings is 1. The number of amides is 1. The van der Waals surface area contributed by atoms with Crippen molar-refractivity contribution in [3.63, 3.8) is 0 Å². The van der Waals surface area contributed by atoms with Crippen LogP contribution in [0.4, 0.5) is 4.39 Å². The Bertz CT molecular complexity index is 399. The summed E-state index contributed by atoms with van der Waals surface area (Å²) in [5.41, 5.74) is 5.35. The normalized spacial score (nSPS) is 10.4. The molecule has 0 atom stereocenters. The second kappa shape index (κ2) is 4.32. The van der Waals surface area contributed by atoms with Crippen molar-refractivity contribution in [2.75, 3.05) is 0 Å². The lowest BCUT2D eigenvalue weighted by molar-refractivity contribution is -0.113. The fourth-order valence-electron chi connectivity index (χ4n) is 0.935. The van der Waals surface area contributed by atoms with E-state index in [-0.39, 0.29) is 5.56 Å². The Kier molecular flexibility index (Phi) is 3.12. The molecule has 1 aromatic carbocycles. The number of carbonyl (C=O) groups excluding carboxylic acids is 2. The molecule has 0 aliphatic rings. The Morgan fingerprint density at radius 3 is 2.71 bits per heavy atom. The maximum atomic E-state index is 13.0. The van der Waals surface area contributed by atoms with Crippen molar-refractivity contribution in [3.05, 3.63) is 41.2 Å². The predicted molar refractivity (Wildman–Crippen MR) is 50.0 cm³/mol. The summed E-state index contributed by atoms with van der Waals surface area (Å²) in [4.78, 5) is 20.8. The fraction of sp³-hybridized carbons (Fsp3) is 0. The van der Waals surface area contributed by atoms with Gasteiger partial charge in [-0.2, -0.15) is 0 Å². The van der Waals surface area contributed by atoms with Gasteiger partial charge in [0.05, 0.1) is 0 Å². The van der Waals surface area contributed by atoms with Crippen LogP contribution >= 0.6 is 0 Å². The molecule has 0 aromatic heterocycles. The van der Waals surface area contributed by atoms with Crippen LogP contribution in [0.1, 0.15) is 15.9 Å². The Morgan fingerprint density at radius 1 is 1.43 bits per heavy atom. The van der Waals surface area contributed by atoms with Gasteiger partial charge in [-0.05, 0) is 24.3 Å². The molecule has 0 bridgehead atoms. The maximum absolute atomic E-state index is 13.0. The SMILES string of the molecule is NC(=O)C=Cc1cc(C=O)ccc1F. The van der Waals surface area contributed by atoms with E-state index in [9.17, 15) is 14.0 Å². The Morgan fingerprint density at radius 2 is 2.14 bits per heavy atom. The molecule has 1 aromatic rings. The fourth-order valence-corrected chi connectivity index (χ4v) is 0.935. The number of halogens is 1. The van der Waals surface area contributed by atoms with Gasteiger partial charge in [0.15, 0.2) is 0 Å². The van der Waals surface area contributed by atoms with Crippen LogP contribution in [0.15, 0.2) is 24.3 Å². The van der Waals surface area contributed by atoms with E-state index in [0.717, 1.165) is 12.1 Å². The van der Waals surface area contributed by atoms with Crippen LogP contribution in [0.5, 0.6) is 0 Å². The van der Waals surface area contributed by atoms with Crippen molar-refractivity contribution < 1.29 is 14.0 Å². The minimum Gasteiger partial charge on any atom is -0.366 e. The molecule has 1 amide bonds. The first-order valence-corrected chi connectivity index (χ1v) is 3.85. The summed E-state index contributed by atoms with van der Waals surface area (Å²) in [6.07, 6.45) is 2.86. The van der Waals surface area contributed by atoms with Crippen molar-refractivity contribution >= 4 is 18.3 Å². The summed E-state index contributed by atoms with van der Waals surface area (Å²) in [6, 6.07) is 3.84. The number of primary amides is 1. The second-order valence-corrected chi connectivity index (χ2v) is 2.63. The molecule has 2 N–H and O–H groups in total. The monoisotopic (exact) mass is 193 g/mol. The average Bonchev–Trinajstić information content (AvgIpc) is 2.16. The van der Waals surface area contributed by atoms with Crippen molar-refractivity contribution in [1.82, 2.24) is 0 Å². The lowest BCUT2D eigenvalue weighted by Gasteiger charge is -1.96. The van der Waals surface area contributed by atoms with E-state index in [1.165, 1.54) is 18.2 Å². The van der Waals surface area contributed by atoms with E-state index in [4.69, 9.17) is 5.73 Å². The van der Waals surface area contributed by atoms with E-state index in [2.05, 4.69) is 0 Å². The van der Waals surface area contributed by atoms with Crippen LogP contribution in [0.25, 0.3) is 6.08 Å². The Labute approximate surface area is 80.0 Å². The molecule has 3 nitrogen and oxygen atoms in total. The van der Waals surface area contributed by atoms with Gasteiger partial charge in [0.1, 0.15) is 12.1 Å². The highest BCUT2D eigenvalue weighted by molar-refractivity contribution is 5.90. The molecule has 0 spiro atoms. The molecule has 0 aliphatic heterocycles. The molecular formula is C10H8FNO2. The van der Waals surface area contributed by atoms with Gasteiger partial charge in [0, 0.05) is 17.2 Å². The van der Waals surface area contributed by atoms with Crippen LogP contribution in [0.2, 0.25) is 0 Å². The molecule has 72 valence electrons. The molecule has 0 radical (unpaired) electrons. The van der Waals surface area contributed by atoms with Gasteiger partial charge in [0.2, 0.25) is 5.91 Å². The molecule has 0 aliphatic carbocycles. The topological polar surface area (TPSA) is 60.2 Å². The molecule has 0 heterocycles. The first kappa shape index (κ1) is 10.1. The van der Waals surface area contributed by atoms with E-state index in [1.54, 1.807) is 0 Å². The highest BCUT2D eigenvalue weighted by atomic mass is 19.1. The minimum atomic E-state index is -0.666. The molecule has 0 unspecified atom stereocenters. The lowest BCUT2D eigenvalue weighted by atomic mass is 10.1. The summed E-state index contributed by atoms with van der Waals surface area (Å²) in [5, 5.41) is 0. The van der Waals surface area contributed by atoms with E-state index in [0.29, 0.717) is 11.8 Å². The number of aldehydes is 1. The van der Waals surface area contributed by atoms with Crippen molar-refractivity contribution in [2.24, 2.45) is 5.73 Å². The van der Waals surface area contributed by atoms with Gasteiger partial charge in [-0.15, -0.1) is 0 Å². The summed E-state index contributed by atoms with van der Waals surface area (Å²) < 4.78 is 13.0. The first-order valence-electron chi connectivity index (χ1n) is 3.85. The number of carbonyl (C=O) groups is 2. The Hall–Kier alpha value is -1.97. The molecular weight excluding hydrogens is 185 g/mol. The van der Waals surface area contributed by atoms with E-state index in [1.807, 2.05) is 0 Å². The first-order chi connectivity index (χ1) is 6.63. The smallest absolute Gasteiger partial charge is 0.241 e. The molecule has 4 heteroatoms. The summed E-state index contributed by atoms with van der Waals surface area (Å²) in [7, 11) is 0. The quantitative estimate of drug-likeness (QED) is 0.578. The van der Waals surface area contributed by atoms with E-state index >= 15 is 0 Å².